The van der Waals surface area contributed by atoms with Gasteiger partial charge in [-0.05, 0) is 36.8 Å². The maximum absolute atomic E-state index is 13.3. The number of hydrogen-bond acceptors (Lipinski definition) is 10. The molecule has 2 aromatic carbocycles. The Morgan fingerprint density at radius 2 is 1.83 bits per heavy atom. The second-order valence-corrected chi connectivity index (χ2v) is 8.71. The van der Waals surface area contributed by atoms with E-state index in [0.29, 0.717) is 17.0 Å². The number of aromatic nitrogens is 1. The van der Waals surface area contributed by atoms with E-state index in [-0.39, 0.29) is 32.6 Å². The SMILES string of the molecule is COC(=O)c1sc(N2C(=O)C(=O)C(=C(O)c3cccc(OC)c3)[C@H]2c2ccc(O)c(OC)c2)nc1C. The van der Waals surface area contributed by atoms with Gasteiger partial charge in [0.15, 0.2) is 16.6 Å². The predicted molar refractivity (Wildman–Crippen MR) is 131 cm³/mol. The van der Waals surface area contributed by atoms with Crippen molar-refractivity contribution in [2.45, 2.75) is 13.0 Å². The summed E-state index contributed by atoms with van der Waals surface area (Å²) in [6, 6.07) is 9.58. The lowest BCUT2D eigenvalue weighted by Crippen LogP contribution is -2.29. The van der Waals surface area contributed by atoms with Crippen LogP contribution in [0.1, 0.15) is 32.5 Å². The second-order valence-electron chi connectivity index (χ2n) is 7.73. The molecule has 1 aromatic heterocycles. The molecule has 11 heteroatoms. The van der Waals surface area contributed by atoms with Crippen LogP contribution in [-0.2, 0) is 14.3 Å². The van der Waals surface area contributed by atoms with Gasteiger partial charge in [0.25, 0.3) is 5.78 Å². The van der Waals surface area contributed by atoms with E-state index in [1.165, 1.54) is 45.6 Å². The molecular formula is C25H22N2O8S. The Kier molecular flexibility index (Phi) is 6.67. The van der Waals surface area contributed by atoms with Gasteiger partial charge in [0, 0.05) is 5.56 Å². The molecule has 1 aliphatic rings. The summed E-state index contributed by atoms with van der Waals surface area (Å²) in [4.78, 5) is 44.4. The number of carbonyl (C=O) groups is 3. The molecule has 0 saturated carbocycles. The van der Waals surface area contributed by atoms with Crippen LogP contribution in [0.4, 0.5) is 5.13 Å². The van der Waals surface area contributed by atoms with Crippen LogP contribution in [0.3, 0.4) is 0 Å². The summed E-state index contributed by atoms with van der Waals surface area (Å²) < 4.78 is 15.2. The monoisotopic (exact) mass is 510 g/mol. The molecule has 0 aliphatic carbocycles. The molecule has 0 radical (unpaired) electrons. The first-order valence-electron chi connectivity index (χ1n) is 10.6. The third-order valence-electron chi connectivity index (χ3n) is 5.67. The third kappa shape index (κ3) is 4.13. The number of aliphatic hydroxyl groups excluding tert-OH is 1. The molecule has 1 saturated heterocycles. The number of carbonyl (C=O) groups excluding carboxylic acids is 3. The van der Waals surface area contributed by atoms with Crippen molar-refractivity contribution in [1.29, 1.82) is 0 Å². The Labute approximate surface area is 210 Å². The largest absolute Gasteiger partial charge is 0.507 e. The van der Waals surface area contributed by atoms with Crippen LogP contribution in [0.25, 0.3) is 5.76 Å². The number of nitrogens with zero attached hydrogens (tertiary/aromatic N) is 2. The minimum atomic E-state index is -1.14. The quantitative estimate of drug-likeness (QED) is 0.221. The summed E-state index contributed by atoms with van der Waals surface area (Å²) in [5.41, 5.74) is 0.737. The van der Waals surface area contributed by atoms with Crippen molar-refractivity contribution in [2.24, 2.45) is 0 Å². The molecule has 0 spiro atoms. The van der Waals surface area contributed by atoms with Crippen LogP contribution in [0.5, 0.6) is 17.2 Å². The highest BCUT2D eigenvalue weighted by Gasteiger charge is 2.48. The summed E-state index contributed by atoms with van der Waals surface area (Å²) in [6.07, 6.45) is 0. The van der Waals surface area contributed by atoms with E-state index >= 15 is 0 Å². The minimum Gasteiger partial charge on any atom is -0.507 e. The van der Waals surface area contributed by atoms with Crippen molar-refractivity contribution in [2.75, 3.05) is 26.2 Å². The highest BCUT2D eigenvalue weighted by Crippen LogP contribution is 2.45. The normalized spacial score (nSPS) is 16.8. The molecule has 10 nitrogen and oxygen atoms in total. The first-order chi connectivity index (χ1) is 17.2. The van der Waals surface area contributed by atoms with E-state index < -0.39 is 29.5 Å². The van der Waals surface area contributed by atoms with Crippen LogP contribution in [0.15, 0.2) is 48.0 Å². The molecule has 36 heavy (non-hydrogen) atoms. The maximum Gasteiger partial charge on any atom is 0.350 e. The number of anilines is 1. The number of ketones is 1. The fourth-order valence-corrected chi connectivity index (χ4v) is 4.91. The lowest BCUT2D eigenvalue weighted by Gasteiger charge is -2.23. The summed E-state index contributed by atoms with van der Waals surface area (Å²) in [7, 11) is 4.05. The minimum absolute atomic E-state index is 0.0664. The molecule has 2 N–H and O–H groups in total. The highest BCUT2D eigenvalue weighted by atomic mass is 32.1. The first kappa shape index (κ1) is 24.7. The smallest absolute Gasteiger partial charge is 0.350 e. The van der Waals surface area contributed by atoms with Crippen molar-refractivity contribution in [1.82, 2.24) is 4.98 Å². The molecule has 0 bridgehead atoms. The number of thiazole rings is 1. The molecule has 0 unspecified atom stereocenters. The number of benzene rings is 2. The standard InChI is InChI=1S/C25H22N2O8S/c1-12-22(24(32)35-4)36-25(26-12)27-19(13-8-9-16(28)17(11-13)34-3)18(21(30)23(27)31)20(29)14-6-5-7-15(10-14)33-2/h5-11,19,28-29H,1-4H3/t19-/m1/s1. The van der Waals surface area contributed by atoms with Crippen molar-refractivity contribution >= 4 is 39.9 Å². The first-order valence-corrected chi connectivity index (χ1v) is 11.4. The van der Waals surface area contributed by atoms with Gasteiger partial charge in [-0.2, -0.15) is 0 Å². The number of hydrogen-bond donors (Lipinski definition) is 2. The molecule has 186 valence electrons. The van der Waals surface area contributed by atoms with Crippen LogP contribution in [0, 0.1) is 6.92 Å². The predicted octanol–water partition coefficient (Wildman–Crippen LogP) is 3.59. The van der Waals surface area contributed by atoms with Gasteiger partial charge in [-0.15, -0.1) is 0 Å². The second kappa shape index (κ2) is 9.70. The maximum atomic E-state index is 13.3. The number of aromatic hydroxyl groups is 1. The zero-order chi connectivity index (χ0) is 26.1. The average Bonchev–Trinajstić information content (AvgIpc) is 3.40. The topological polar surface area (TPSA) is 135 Å². The molecule has 4 rings (SSSR count). The number of esters is 1. The number of aliphatic hydroxyl groups is 1. The van der Waals surface area contributed by atoms with Gasteiger partial charge in [-0.3, -0.25) is 14.5 Å². The molecule has 3 aromatic rings. The third-order valence-corrected chi connectivity index (χ3v) is 6.81. The van der Waals surface area contributed by atoms with E-state index in [1.54, 1.807) is 25.1 Å². The molecule has 1 fully saturated rings. The summed E-state index contributed by atoms with van der Waals surface area (Å²) in [5.74, 6) is -2.55. The zero-order valence-electron chi connectivity index (χ0n) is 19.8. The lowest BCUT2D eigenvalue weighted by atomic mass is 9.95. The van der Waals surface area contributed by atoms with Gasteiger partial charge in [0.2, 0.25) is 0 Å². The van der Waals surface area contributed by atoms with Gasteiger partial charge in [-0.1, -0.05) is 29.5 Å². The number of amides is 1. The van der Waals surface area contributed by atoms with Crippen molar-refractivity contribution < 1.29 is 38.8 Å². The van der Waals surface area contributed by atoms with Gasteiger partial charge in [-0.25, -0.2) is 9.78 Å². The van der Waals surface area contributed by atoms with E-state index in [2.05, 4.69) is 4.98 Å². The molecular weight excluding hydrogens is 488 g/mol. The van der Waals surface area contributed by atoms with E-state index in [0.717, 1.165) is 16.2 Å². The highest BCUT2D eigenvalue weighted by molar-refractivity contribution is 7.17. The Morgan fingerprint density at radius 3 is 2.50 bits per heavy atom. The lowest BCUT2D eigenvalue weighted by molar-refractivity contribution is -0.132. The average molecular weight is 511 g/mol. The molecule has 2 heterocycles. The van der Waals surface area contributed by atoms with Gasteiger partial charge < -0.3 is 24.4 Å². The number of rotatable bonds is 6. The van der Waals surface area contributed by atoms with Gasteiger partial charge in [0.05, 0.1) is 38.6 Å². The Morgan fingerprint density at radius 1 is 1.08 bits per heavy atom. The fraction of sp³-hybridized carbons (Fsp3) is 0.200. The number of ether oxygens (including phenoxy) is 3. The van der Waals surface area contributed by atoms with Crippen LogP contribution < -0.4 is 14.4 Å². The van der Waals surface area contributed by atoms with Crippen LogP contribution in [-0.4, -0.2) is 54.2 Å². The number of methoxy groups -OCH3 is 3. The zero-order valence-corrected chi connectivity index (χ0v) is 20.6. The molecule has 1 aliphatic heterocycles. The molecule has 1 atom stereocenters. The van der Waals surface area contributed by atoms with Gasteiger partial charge in [0.1, 0.15) is 16.4 Å². The summed E-state index contributed by atoms with van der Waals surface area (Å²) in [6.45, 7) is 1.58. The Bertz CT molecular complexity index is 1410. The van der Waals surface area contributed by atoms with Crippen molar-refractivity contribution in [3.63, 3.8) is 0 Å². The Balaban J connectivity index is 1.97. The summed E-state index contributed by atoms with van der Waals surface area (Å²) >= 11 is 0.885. The van der Waals surface area contributed by atoms with Crippen LogP contribution in [0.2, 0.25) is 0 Å². The van der Waals surface area contributed by atoms with E-state index in [9.17, 15) is 24.6 Å². The number of aryl methyl sites for hydroxylation is 1. The van der Waals surface area contributed by atoms with Crippen molar-refractivity contribution in [3.8, 4) is 17.2 Å². The molecule has 1 amide bonds. The number of Topliss-reactive ketones (excluding diaryl/α,β-unsaturated/α-hetero) is 1. The summed E-state index contributed by atoms with van der Waals surface area (Å²) in [5, 5.41) is 21.4. The fourth-order valence-electron chi connectivity index (χ4n) is 3.90. The Hall–Kier alpha value is -4.38. The number of phenolic OH excluding ortho intramolecular Hbond substituents is 1. The van der Waals surface area contributed by atoms with Crippen LogP contribution >= 0.6 is 11.3 Å². The van der Waals surface area contributed by atoms with Gasteiger partial charge >= 0.3 is 11.9 Å². The van der Waals surface area contributed by atoms with E-state index in [1.807, 2.05) is 0 Å². The van der Waals surface area contributed by atoms with Crippen molar-refractivity contribution in [3.05, 3.63) is 69.7 Å². The van der Waals surface area contributed by atoms with E-state index in [4.69, 9.17) is 14.2 Å². The number of phenols is 1.